The molecule has 0 aromatic heterocycles. The normalized spacial score (nSPS) is 10.4. The Kier molecular flexibility index (Phi) is 4.45. The van der Waals surface area contributed by atoms with Crippen LogP contribution in [0.1, 0.15) is 11.1 Å². The van der Waals surface area contributed by atoms with Crippen LogP contribution in [-0.2, 0) is 6.54 Å². The van der Waals surface area contributed by atoms with Gasteiger partial charge in [-0.1, -0.05) is 17.7 Å². The van der Waals surface area contributed by atoms with Gasteiger partial charge in [0.25, 0.3) is 0 Å². The van der Waals surface area contributed by atoms with Crippen molar-refractivity contribution in [2.45, 2.75) is 13.5 Å². The summed E-state index contributed by atoms with van der Waals surface area (Å²) >= 11 is 8.24. The Morgan fingerprint density at radius 2 is 2.06 bits per heavy atom. The molecule has 0 heterocycles. The van der Waals surface area contributed by atoms with Crippen LogP contribution in [-0.4, -0.2) is 0 Å². The first-order valence-electron chi connectivity index (χ1n) is 5.51. The molecule has 0 aliphatic rings. The minimum absolute atomic E-state index is 0.279. The Morgan fingerprint density at radius 1 is 1.28 bits per heavy atom. The first-order chi connectivity index (χ1) is 8.58. The zero-order valence-corrected chi connectivity index (χ0v) is 12.7. The summed E-state index contributed by atoms with van der Waals surface area (Å²) in [6.45, 7) is 2.40. The zero-order chi connectivity index (χ0) is 13.1. The summed E-state index contributed by atoms with van der Waals surface area (Å²) in [5.41, 5.74) is 2.63. The Labute approximate surface area is 124 Å². The van der Waals surface area contributed by atoms with Gasteiger partial charge in [-0.15, -0.1) is 0 Å². The molecule has 0 aliphatic carbocycles. The Morgan fingerprint density at radius 3 is 2.72 bits per heavy atom. The summed E-state index contributed by atoms with van der Waals surface area (Å²) in [4.78, 5) is 0. The van der Waals surface area contributed by atoms with E-state index in [0.29, 0.717) is 17.1 Å². The second-order valence-electron chi connectivity index (χ2n) is 4.01. The zero-order valence-electron chi connectivity index (χ0n) is 9.81. The van der Waals surface area contributed by atoms with Crippen LogP contribution in [0.15, 0.2) is 36.4 Å². The fourth-order valence-electron chi connectivity index (χ4n) is 1.71. The Bertz CT molecular complexity index is 551. The minimum Gasteiger partial charge on any atom is -0.381 e. The average molecular weight is 376 g/mol. The van der Waals surface area contributed by atoms with Crippen molar-refractivity contribution in [3.8, 4) is 0 Å². The molecule has 0 saturated carbocycles. The van der Waals surface area contributed by atoms with Crippen LogP contribution in [0, 0.1) is 16.3 Å². The van der Waals surface area contributed by atoms with Crippen molar-refractivity contribution in [3.05, 3.63) is 61.9 Å². The van der Waals surface area contributed by atoms with Gasteiger partial charge in [0.15, 0.2) is 0 Å². The van der Waals surface area contributed by atoms with Crippen molar-refractivity contribution in [3.63, 3.8) is 0 Å². The molecule has 0 amide bonds. The molecule has 0 unspecified atom stereocenters. The molecule has 2 rings (SSSR count). The lowest BCUT2D eigenvalue weighted by atomic mass is 10.1. The third kappa shape index (κ3) is 3.14. The summed E-state index contributed by atoms with van der Waals surface area (Å²) < 4.78 is 14.8. The van der Waals surface area contributed by atoms with Crippen LogP contribution in [0.5, 0.6) is 0 Å². The van der Waals surface area contributed by atoms with Gasteiger partial charge in [-0.3, -0.25) is 0 Å². The van der Waals surface area contributed by atoms with Crippen molar-refractivity contribution in [2.24, 2.45) is 0 Å². The Hall–Kier alpha value is -0.810. The molecule has 0 bridgehead atoms. The molecule has 0 fully saturated rings. The number of halogens is 3. The number of anilines is 1. The van der Waals surface area contributed by atoms with Gasteiger partial charge in [-0.25, -0.2) is 4.39 Å². The summed E-state index contributed by atoms with van der Waals surface area (Å²) in [6.07, 6.45) is 0. The highest BCUT2D eigenvalue weighted by molar-refractivity contribution is 14.1. The molecular weight excluding hydrogens is 364 g/mol. The molecule has 0 aliphatic heterocycles. The van der Waals surface area contributed by atoms with Gasteiger partial charge in [-0.05, 0) is 65.4 Å². The van der Waals surface area contributed by atoms with Gasteiger partial charge >= 0.3 is 0 Å². The maximum Gasteiger partial charge on any atom is 0.129 e. The van der Waals surface area contributed by atoms with E-state index in [1.165, 1.54) is 9.64 Å². The largest absolute Gasteiger partial charge is 0.381 e. The highest BCUT2D eigenvalue weighted by Gasteiger charge is 2.07. The molecule has 94 valence electrons. The quantitative estimate of drug-likeness (QED) is 0.744. The van der Waals surface area contributed by atoms with Crippen molar-refractivity contribution in [2.75, 3.05) is 5.32 Å². The van der Waals surface area contributed by atoms with Gasteiger partial charge < -0.3 is 5.32 Å². The van der Waals surface area contributed by atoms with Crippen molar-refractivity contribution >= 4 is 39.9 Å². The number of nitrogens with one attached hydrogen (secondary N) is 1. The molecular formula is C14H12ClFIN. The van der Waals surface area contributed by atoms with Crippen molar-refractivity contribution in [1.29, 1.82) is 0 Å². The van der Waals surface area contributed by atoms with E-state index < -0.39 is 0 Å². The predicted molar refractivity (Wildman–Crippen MR) is 82.6 cm³/mol. The van der Waals surface area contributed by atoms with E-state index in [1.807, 2.05) is 19.1 Å². The SMILES string of the molecule is Cc1cc(I)ccc1NCc1c(F)cccc1Cl. The van der Waals surface area contributed by atoms with E-state index in [4.69, 9.17) is 11.6 Å². The van der Waals surface area contributed by atoms with E-state index in [0.717, 1.165) is 11.3 Å². The molecule has 0 spiro atoms. The molecule has 1 N–H and O–H groups in total. The van der Waals surface area contributed by atoms with Crippen LogP contribution in [0.25, 0.3) is 0 Å². The van der Waals surface area contributed by atoms with Gasteiger partial charge in [0.1, 0.15) is 5.82 Å². The summed E-state index contributed by atoms with van der Waals surface area (Å²) in [6, 6.07) is 10.8. The summed E-state index contributed by atoms with van der Waals surface area (Å²) in [7, 11) is 0. The van der Waals surface area contributed by atoms with Crippen LogP contribution in [0.4, 0.5) is 10.1 Å². The minimum atomic E-state index is -0.279. The maximum absolute atomic E-state index is 13.6. The highest BCUT2D eigenvalue weighted by atomic mass is 127. The highest BCUT2D eigenvalue weighted by Crippen LogP contribution is 2.22. The number of aryl methyl sites for hydroxylation is 1. The lowest BCUT2D eigenvalue weighted by Gasteiger charge is -2.11. The molecule has 0 saturated heterocycles. The van der Waals surface area contributed by atoms with Gasteiger partial charge in [0, 0.05) is 26.4 Å². The van der Waals surface area contributed by atoms with E-state index >= 15 is 0 Å². The van der Waals surface area contributed by atoms with Crippen LogP contribution < -0.4 is 5.32 Å². The standard InChI is InChI=1S/C14H12ClFIN/c1-9-7-10(17)5-6-14(9)18-8-11-12(15)3-2-4-13(11)16/h2-7,18H,8H2,1H3. The van der Waals surface area contributed by atoms with E-state index in [1.54, 1.807) is 12.1 Å². The maximum atomic E-state index is 13.6. The van der Waals surface area contributed by atoms with Crippen LogP contribution in [0.2, 0.25) is 5.02 Å². The lowest BCUT2D eigenvalue weighted by molar-refractivity contribution is 0.613. The number of hydrogen-bond acceptors (Lipinski definition) is 1. The first kappa shape index (κ1) is 13.6. The van der Waals surface area contributed by atoms with Gasteiger partial charge in [0.2, 0.25) is 0 Å². The fourth-order valence-corrected chi connectivity index (χ4v) is 2.59. The van der Waals surface area contributed by atoms with E-state index in [2.05, 4.69) is 34.0 Å². The van der Waals surface area contributed by atoms with E-state index in [-0.39, 0.29) is 5.82 Å². The second-order valence-corrected chi connectivity index (χ2v) is 5.67. The molecule has 0 radical (unpaired) electrons. The smallest absolute Gasteiger partial charge is 0.129 e. The number of hydrogen-bond donors (Lipinski definition) is 1. The predicted octanol–water partition coefficient (Wildman–Crippen LogP) is 5.00. The third-order valence-corrected chi connectivity index (χ3v) is 3.73. The summed E-state index contributed by atoms with van der Waals surface area (Å²) in [5, 5.41) is 3.66. The van der Waals surface area contributed by atoms with E-state index in [9.17, 15) is 4.39 Å². The summed E-state index contributed by atoms with van der Waals surface area (Å²) in [5.74, 6) is -0.279. The van der Waals surface area contributed by atoms with Crippen molar-refractivity contribution in [1.82, 2.24) is 0 Å². The fraction of sp³-hybridized carbons (Fsp3) is 0.143. The van der Waals surface area contributed by atoms with Crippen molar-refractivity contribution < 1.29 is 4.39 Å². The third-order valence-electron chi connectivity index (χ3n) is 2.71. The van der Waals surface area contributed by atoms with Crippen LogP contribution in [0.3, 0.4) is 0 Å². The monoisotopic (exact) mass is 375 g/mol. The molecule has 1 nitrogen and oxygen atoms in total. The molecule has 2 aromatic rings. The number of benzene rings is 2. The lowest BCUT2D eigenvalue weighted by Crippen LogP contribution is -2.04. The van der Waals surface area contributed by atoms with Crippen LogP contribution >= 0.6 is 34.2 Å². The molecule has 2 aromatic carbocycles. The van der Waals surface area contributed by atoms with Gasteiger partial charge in [0.05, 0.1) is 0 Å². The molecule has 0 atom stereocenters. The topological polar surface area (TPSA) is 12.0 Å². The first-order valence-corrected chi connectivity index (χ1v) is 6.96. The average Bonchev–Trinajstić information content (AvgIpc) is 2.31. The molecule has 4 heteroatoms. The molecule has 18 heavy (non-hydrogen) atoms. The van der Waals surface area contributed by atoms with Gasteiger partial charge in [-0.2, -0.15) is 0 Å². The number of rotatable bonds is 3. The second kappa shape index (κ2) is 5.89. The Balaban J connectivity index is 2.16.